The molecule has 2 rings (SSSR count). The van der Waals surface area contributed by atoms with E-state index in [1.807, 2.05) is 6.92 Å². The maximum absolute atomic E-state index is 12.2. The van der Waals surface area contributed by atoms with Gasteiger partial charge in [-0.05, 0) is 49.9 Å². The zero-order valence-electron chi connectivity index (χ0n) is 11.8. The Morgan fingerprint density at radius 1 is 1.20 bits per heavy atom. The summed E-state index contributed by atoms with van der Waals surface area (Å²) in [5.74, 6) is 0.375. The third-order valence-electron chi connectivity index (χ3n) is 3.45. The summed E-state index contributed by atoms with van der Waals surface area (Å²) < 4.78 is 32.3. The third-order valence-corrected chi connectivity index (χ3v) is 4.89. The first-order chi connectivity index (χ1) is 9.62. The Labute approximate surface area is 120 Å². The molecule has 0 radical (unpaired) electrons. The van der Waals surface area contributed by atoms with Crippen LogP contribution in [0.15, 0.2) is 29.2 Å². The van der Waals surface area contributed by atoms with Gasteiger partial charge in [0.2, 0.25) is 10.0 Å². The highest BCUT2D eigenvalue weighted by Gasteiger charge is 2.18. The molecule has 1 heterocycles. The lowest BCUT2D eigenvalue weighted by Crippen LogP contribution is -2.32. The van der Waals surface area contributed by atoms with Gasteiger partial charge in [0.25, 0.3) is 0 Å². The molecule has 1 saturated heterocycles. The average molecular weight is 298 g/mol. The molecule has 0 bridgehead atoms. The second kappa shape index (κ2) is 7.06. The van der Waals surface area contributed by atoms with Gasteiger partial charge in [-0.2, -0.15) is 0 Å². The first-order valence-electron chi connectivity index (χ1n) is 7.03. The van der Waals surface area contributed by atoms with Crippen LogP contribution in [0.2, 0.25) is 0 Å². The summed E-state index contributed by atoms with van der Waals surface area (Å²) in [6.45, 7) is 4.75. The molecular weight excluding hydrogens is 276 g/mol. The molecule has 1 aliphatic rings. The minimum absolute atomic E-state index is 0.311. The summed E-state index contributed by atoms with van der Waals surface area (Å²) in [4.78, 5) is 0.311. The van der Waals surface area contributed by atoms with Crippen molar-refractivity contribution in [2.24, 2.45) is 5.92 Å². The molecule has 1 aliphatic heterocycles. The van der Waals surface area contributed by atoms with Gasteiger partial charge in [-0.1, -0.05) is 0 Å². The molecule has 2 N–H and O–H groups in total. The predicted molar refractivity (Wildman–Crippen MR) is 79.3 cm³/mol. The number of rotatable bonds is 6. The van der Waals surface area contributed by atoms with Crippen molar-refractivity contribution in [3.05, 3.63) is 24.3 Å². The Bertz CT molecular complexity index is 508. The van der Waals surface area contributed by atoms with E-state index in [1.165, 1.54) is 0 Å². The number of sulfonamides is 1. The van der Waals surface area contributed by atoms with Crippen molar-refractivity contribution in [3.63, 3.8) is 0 Å². The molecule has 1 aromatic carbocycles. The number of anilines is 1. The number of benzene rings is 1. The molecule has 1 aromatic rings. The van der Waals surface area contributed by atoms with E-state index in [1.54, 1.807) is 24.3 Å². The van der Waals surface area contributed by atoms with Crippen LogP contribution < -0.4 is 10.0 Å². The standard InChI is InChI=1S/C14H22N2O3S/c1-2-15-13-3-5-14(6-4-13)20(17,18)16-11-12-7-9-19-10-8-12/h3-6,12,15-16H,2,7-11H2,1H3. The minimum atomic E-state index is -3.41. The average Bonchev–Trinajstić information content (AvgIpc) is 2.47. The van der Waals surface area contributed by atoms with Crippen molar-refractivity contribution in [1.82, 2.24) is 4.72 Å². The summed E-state index contributed by atoms with van der Waals surface area (Å²) >= 11 is 0. The van der Waals surface area contributed by atoms with Gasteiger partial charge in [0.05, 0.1) is 4.90 Å². The van der Waals surface area contributed by atoms with Crippen LogP contribution in [0.3, 0.4) is 0 Å². The second-order valence-electron chi connectivity index (χ2n) is 4.96. The molecule has 0 aliphatic carbocycles. The molecule has 0 aromatic heterocycles. The number of hydrogen-bond donors (Lipinski definition) is 2. The van der Waals surface area contributed by atoms with Gasteiger partial charge in [0.1, 0.15) is 0 Å². The van der Waals surface area contributed by atoms with Crippen LogP contribution in [-0.4, -0.2) is 34.7 Å². The largest absolute Gasteiger partial charge is 0.385 e. The summed E-state index contributed by atoms with van der Waals surface area (Å²) in [5, 5.41) is 3.14. The Kier molecular flexibility index (Phi) is 5.39. The summed E-state index contributed by atoms with van der Waals surface area (Å²) in [7, 11) is -3.41. The number of ether oxygens (including phenoxy) is 1. The van der Waals surface area contributed by atoms with Crippen LogP contribution in [0.1, 0.15) is 19.8 Å². The van der Waals surface area contributed by atoms with Crippen LogP contribution in [-0.2, 0) is 14.8 Å². The van der Waals surface area contributed by atoms with Crippen LogP contribution in [0, 0.1) is 5.92 Å². The maximum atomic E-state index is 12.2. The predicted octanol–water partition coefficient (Wildman–Crippen LogP) is 1.82. The Hall–Kier alpha value is -1.11. The smallest absolute Gasteiger partial charge is 0.240 e. The molecule has 0 atom stereocenters. The minimum Gasteiger partial charge on any atom is -0.385 e. The van der Waals surface area contributed by atoms with Crippen LogP contribution in [0.5, 0.6) is 0 Å². The normalized spacial score (nSPS) is 17.1. The van der Waals surface area contributed by atoms with E-state index in [0.29, 0.717) is 17.4 Å². The fourth-order valence-corrected chi connectivity index (χ4v) is 3.33. The van der Waals surface area contributed by atoms with Crippen LogP contribution in [0.25, 0.3) is 0 Å². The monoisotopic (exact) mass is 298 g/mol. The summed E-state index contributed by atoms with van der Waals surface area (Å²) in [6.07, 6.45) is 1.84. The molecule has 0 amide bonds. The highest BCUT2D eigenvalue weighted by atomic mass is 32.2. The van der Waals surface area contributed by atoms with E-state index in [-0.39, 0.29) is 0 Å². The highest BCUT2D eigenvalue weighted by molar-refractivity contribution is 7.89. The summed E-state index contributed by atoms with van der Waals surface area (Å²) in [5.41, 5.74) is 0.927. The molecule has 1 fully saturated rings. The fourth-order valence-electron chi connectivity index (χ4n) is 2.22. The quantitative estimate of drug-likeness (QED) is 0.841. The Morgan fingerprint density at radius 2 is 1.85 bits per heavy atom. The first kappa shape index (κ1) is 15.3. The zero-order chi connectivity index (χ0) is 14.4. The maximum Gasteiger partial charge on any atom is 0.240 e. The van der Waals surface area contributed by atoms with E-state index >= 15 is 0 Å². The first-order valence-corrected chi connectivity index (χ1v) is 8.51. The van der Waals surface area contributed by atoms with Gasteiger partial charge in [-0.25, -0.2) is 13.1 Å². The lowest BCUT2D eigenvalue weighted by Gasteiger charge is -2.22. The zero-order valence-corrected chi connectivity index (χ0v) is 12.6. The van der Waals surface area contributed by atoms with E-state index in [9.17, 15) is 8.42 Å². The van der Waals surface area contributed by atoms with Gasteiger partial charge in [-0.15, -0.1) is 0 Å². The lowest BCUT2D eigenvalue weighted by atomic mass is 10.0. The second-order valence-corrected chi connectivity index (χ2v) is 6.73. The Balaban J connectivity index is 1.94. The molecule has 20 heavy (non-hydrogen) atoms. The van der Waals surface area contributed by atoms with E-state index in [2.05, 4.69) is 10.0 Å². The van der Waals surface area contributed by atoms with Crippen LogP contribution >= 0.6 is 0 Å². The molecular formula is C14H22N2O3S. The van der Waals surface area contributed by atoms with Crippen molar-refractivity contribution in [3.8, 4) is 0 Å². The van der Waals surface area contributed by atoms with Crippen molar-refractivity contribution in [2.45, 2.75) is 24.7 Å². The van der Waals surface area contributed by atoms with E-state index in [4.69, 9.17) is 4.74 Å². The topological polar surface area (TPSA) is 67.4 Å². The van der Waals surface area contributed by atoms with Gasteiger partial charge < -0.3 is 10.1 Å². The van der Waals surface area contributed by atoms with Gasteiger partial charge in [0.15, 0.2) is 0 Å². The van der Waals surface area contributed by atoms with Crippen molar-refractivity contribution < 1.29 is 13.2 Å². The van der Waals surface area contributed by atoms with Crippen molar-refractivity contribution in [1.29, 1.82) is 0 Å². The molecule has 6 heteroatoms. The number of hydrogen-bond acceptors (Lipinski definition) is 4. The van der Waals surface area contributed by atoms with E-state index < -0.39 is 10.0 Å². The van der Waals surface area contributed by atoms with Crippen LogP contribution in [0.4, 0.5) is 5.69 Å². The third kappa shape index (κ3) is 4.19. The van der Waals surface area contributed by atoms with E-state index in [0.717, 1.165) is 38.3 Å². The fraction of sp³-hybridized carbons (Fsp3) is 0.571. The molecule has 0 saturated carbocycles. The highest BCUT2D eigenvalue weighted by Crippen LogP contribution is 2.16. The van der Waals surface area contributed by atoms with Crippen molar-refractivity contribution in [2.75, 3.05) is 31.6 Å². The SMILES string of the molecule is CCNc1ccc(S(=O)(=O)NCC2CCOCC2)cc1. The molecule has 0 spiro atoms. The molecule has 0 unspecified atom stereocenters. The Morgan fingerprint density at radius 3 is 2.45 bits per heavy atom. The number of nitrogens with one attached hydrogen (secondary N) is 2. The van der Waals surface area contributed by atoms with Crippen molar-refractivity contribution >= 4 is 15.7 Å². The lowest BCUT2D eigenvalue weighted by molar-refractivity contribution is 0.0678. The molecule has 5 nitrogen and oxygen atoms in total. The molecule has 112 valence electrons. The van der Waals surface area contributed by atoms with Gasteiger partial charge in [0, 0.05) is 32.0 Å². The van der Waals surface area contributed by atoms with Gasteiger partial charge in [-0.3, -0.25) is 0 Å². The summed E-state index contributed by atoms with van der Waals surface area (Å²) in [6, 6.07) is 6.83. The van der Waals surface area contributed by atoms with Gasteiger partial charge >= 0.3 is 0 Å².